The summed E-state index contributed by atoms with van der Waals surface area (Å²) in [6, 6.07) is 11.6. The van der Waals surface area contributed by atoms with Gasteiger partial charge in [-0.15, -0.1) is 35.3 Å². The zero-order valence-electron chi connectivity index (χ0n) is 16.5. The van der Waals surface area contributed by atoms with Gasteiger partial charge in [-0.1, -0.05) is 19.1 Å². The predicted octanol–water partition coefficient (Wildman–Crippen LogP) is 4.52. The van der Waals surface area contributed by atoms with Crippen LogP contribution in [0.25, 0.3) is 0 Å². The van der Waals surface area contributed by atoms with E-state index in [2.05, 4.69) is 45.0 Å². The Morgan fingerprint density at radius 2 is 2.07 bits per heavy atom. The molecule has 2 N–H and O–H groups in total. The zero-order valence-corrected chi connectivity index (χ0v) is 19.7. The minimum absolute atomic E-state index is 0. The number of piperidine rings is 1. The molecule has 0 aliphatic carbocycles. The number of aliphatic imine (C=N–C) groups is 1. The Morgan fingerprint density at radius 3 is 2.71 bits per heavy atom. The third kappa shape index (κ3) is 6.92. The first-order chi connectivity index (χ1) is 13.1. The number of hydrogen-bond donors (Lipinski definition) is 2. The van der Waals surface area contributed by atoms with E-state index in [1.165, 1.54) is 10.9 Å². The second-order valence-electron chi connectivity index (χ2n) is 7.23. The Bertz CT molecular complexity index is 730. The summed E-state index contributed by atoms with van der Waals surface area (Å²) in [6.07, 6.45) is 3.12. The van der Waals surface area contributed by atoms with Crippen molar-refractivity contribution in [1.82, 2.24) is 10.6 Å². The first-order valence-electron chi connectivity index (χ1n) is 9.64. The molecule has 0 saturated carbocycles. The van der Waals surface area contributed by atoms with Gasteiger partial charge in [-0.25, -0.2) is 4.39 Å². The lowest BCUT2D eigenvalue weighted by molar-refractivity contribution is 0.457. The summed E-state index contributed by atoms with van der Waals surface area (Å²) in [4.78, 5) is 8.05. The molecule has 1 aromatic carbocycles. The SMILES string of the molecule is CN=C(NCC(C)Cc1cccs1)NC1CCN(c2cccc(F)c2)CC1.I. The van der Waals surface area contributed by atoms with E-state index < -0.39 is 0 Å². The average molecular weight is 516 g/mol. The number of anilines is 1. The summed E-state index contributed by atoms with van der Waals surface area (Å²) < 4.78 is 13.4. The fraction of sp³-hybridized carbons (Fsp3) is 0.476. The van der Waals surface area contributed by atoms with Crippen LogP contribution in [0.2, 0.25) is 0 Å². The molecule has 0 spiro atoms. The Labute approximate surface area is 188 Å². The standard InChI is InChI=1S/C21H29FN4S.HI/c1-16(13-20-7-4-12-27-20)15-24-21(23-2)25-18-8-10-26(11-9-18)19-6-3-5-17(22)14-19;/h3-7,12,14,16,18H,8-11,13,15H2,1-2H3,(H2,23,24,25);1H. The third-order valence-electron chi connectivity index (χ3n) is 4.98. The van der Waals surface area contributed by atoms with Gasteiger partial charge in [0.1, 0.15) is 5.82 Å². The van der Waals surface area contributed by atoms with Gasteiger partial charge in [-0.05, 0) is 54.8 Å². The van der Waals surface area contributed by atoms with Crippen LogP contribution in [0, 0.1) is 11.7 Å². The molecule has 4 nitrogen and oxygen atoms in total. The Hall–Kier alpha value is -1.35. The molecular weight excluding hydrogens is 486 g/mol. The molecule has 3 rings (SSSR count). The molecular formula is C21H30FIN4S. The molecule has 28 heavy (non-hydrogen) atoms. The number of thiophene rings is 1. The minimum Gasteiger partial charge on any atom is -0.371 e. The largest absolute Gasteiger partial charge is 0.371 e. The van der Waals surface area contributed by atoms with Crippen LogP contribution in [0.4, 0.5) is 10.1 Å². The van der Waals surface area contributed by atoms with Crippen molar-refractivity contribution < 1.29 is 4.39 Å². The molecule has 154 valence electrons. The van der Waals surface area contributed by atoms with E-state index in [4.69, 9.17) is 0 Å². The van der Waals surface area contributed by atoms with Crippen LogP contribution < -0.4 is 15.5 Å². The van der Waals surface area contributed by atoms with Crippen LogP contribution in [-0.4, -0.2) is 38.7 Å². The van der Waals surface area contributed by atoms with Crippen molar-refractivity contribution in [3.63, 3.8) is 0 Å². The van der Waals surface area contributed by atoms with E-state index in [-0.39, 0.29) is 29.8 Å². The number of rotatable bonds is 6. The lowest BCUT2D eigenvalue weighted by atomic mass is 10.0. The monoisotopic (exact) mass is 516 g/mol. The number of nitrogens with one attached hydrogen (secondary N) is 2. The van der Waals surface area contributed by atoms with Gasteiger partial charge in [0.25, 0.3) is 0 Å². The third-order valence-corrected chi connectivity index (χ3v) is 5.88. The van der Waals surface area contributed by atoms with Crippen molar-refractivity contribution >= 4 is 47.0 Å². The first-order valence-corrected chi connectivity index (χ1v) is 10.5. The highest BCUT2D eigenvalue weighted by Crippen LogP contribution is 2.20. The fourth-order valence-corrected chi connectivity index (χ4v) is 4.33. The molecule has 1 aliphatic rings. The average Bonchev–Trinajstić information content (AvgIpc) is 3.18. The molecule has 1 saturated heterocycles. The van der Waals surface area contributed by atoms with Crippen LogP contribution in [0.1, 0.15) is 24.6 Å². The summed E-state index contributed by atoms with van der Waals surface area (Å²) in [5.41, 5.74) is 0.971. The van der Waals surface area contributed by atoms with Crippen molar-refractivity contribution in [2.75, 3.05) is 31.6 Å². The van der Waals surface area contributed by atoms with Gasteiger partial charge >= 0.3 is 0 Å². The number of benzene rings is 1. The molecule has 1 aromatic heterocycles. The predicted molar refractivity (Wildman–Crippen MR) is 129 cm³/mol. The number of guanidine groups is 1. The summed E-state index contributed by atoms with van der Waals surface area (Å²) in [7, 11) is 1.82. The van der Waals surface area contributed by atoms with E-state index >= 15 is 0 Å². The Morgan fingerprint density at radius 1 is 1.29 bits per heavy atom. The number of halogens is 2. The fourth-order valence-electron chi connectivity index (χ4n) is 3.46. The summed E-state index contributed by atoms with van der Waals surface area (Å²) >= 11 is 1.82. The molecule has 1 fully saturated rings. The maximum absolute atomic E-state index is 13.4. The Kier molecular flexibility index (Phi) is 9.50. The van der Waals surface area contributed by atoms with E-state index in [1.807, 2.05) is 24.5 Å². The van der Waals surface area contributed by atoms with Gasteiger partial charge in [0.05, 0.1) is 0 Å². The van der Waals surface area contributed by atoms with Gasteiger partial charge in [-0.3, -0.25) is 4.99 Å². The molecule has 2 aromatic rings. The van der Waals surface area contributed by atoms with Crippen molar-refractivity contribution in [3.8, 4) is 0 Å². The molecule has 2 heterocycles. The highest BCUT2D eigenvalue weighted by molar-refractivity contribution is 14.0. The quantitative estimate of drug-likeness (QED) is 0.337. The maximum atomic E-state index is 13.4. The van der Waals surface area contributed by atoms with Gasteiger partial charge in [-0.2, -0.15) is 0 Å². The lowest BCUT2D eigenvalue weighted by Crippen LogP contribution is -2.49. The van der Waals surface area contributed by atoms with Crippen molar-refractivity contribution in [3.05, 3.63) is 52.5 Å². The minimum atomic E-state index is -0.172. The van der Waals surface area contributed by atoms with Gasteiger partial charge < -0.3 is 15.5 Å². The molecule has 0 amide bonds. The second kappa shape index (κ2) is 11.6. The van der Waals surface area contributed by atoms with Gasteiger partial charge in [0.2, 0.25) is 0 Å². The maximum Gasteiger partial charge on any atom is 0.191 e. The molecule has 0 bridgehead atoms. The lowest BCUT2D eigenvalue weighted by Gasteiger charge is -2.34. The van der Waals surface area contributed by atoms with E-state index in [0.717, 1.165) is 50.5 Å². The first kappa shape index (κ1) is 22.9. The summed E-state index contributed by atoms with van der Waals surface area (Å²) in [5.74, 6) is 1.25. The smallest absolute Gasteiger partial charge is 0.191 e. The summed E-state index contributed by atoms with van der Waals surface area (Å²) in [5, 5.41) is 9.13. The zero-order chi connectivity index (χ0) is 19.1. The van der Waals surface area contributed by atoms with Crippen LogP contribution in [-0.2, 0) is 6.42 Å². The normalized spacial score (nSPS) is 16.4. The van der Waals surface area contributed by atoms with Crippen LogP contribution >= 0.6 is 35.3 Å². The van der Waals surface area contributed by atoms with Gasteiger partial charge in [0.15, 0.2) is 5.96 Å². The topological polar surface area (TPSA) is 39.7 Å². The van der Waals surface area contributed by atoms with Crippen LogP contribution in [0.5, 0.6) is 0 Å². The highest BCUT2D eigenvalue weighted by atomic mass is 127. The number of nitrogens with zero attached hydrogens (tertiary/aromatic N) is 2. The highest BCUT2D eigenvalue weighted by Gasteiger charge is 2.20. The van der Waals surface area contributed by atoms with Crippen LogP contribution in [0.3, 0.4) is 0 Å². The summed E-state index contributed by atoms with van der Waals surface area (Å²) in [6.45, 7) is 5.01. The van der Waals surface area contributed by atoms with Gasteiger partial charge in [0, 0.05) is 43.3 Å². The molecule has 1 aliphatic heterocycles. The van der Waals surface area contributed by atoms with Crippen molar-refractivity contribution in [2.24, 2.45) is 10.9 Å². The van der Waals surface area contributed by atoms with E-state index in [1.54, 1.807) is 12.1 Å². The van der Waals surface area contributed by atoms with E-state index in [9.17, 15) is 4.39 Å². The Balaban J connectivity index is 0.00000280. The van der Waals surface area contributed by atoms with Crippen LogP contribution in [0.15, 0.2) is 46.8 Å². The molecule has 7 heteroatoms. The number of hydrogen-bond acceptors (Lipinski definition) is 3. The van der Waals surface area contributed by atoms with Crippen molar-refractivity contribution in [1.29, 1.82) is 0 Å². The molecule has 0 radical (unpaired) electrons. The van der Waals surface area contributed by atoms with E-state index in [0.29, 0.717) is 12.0 Å². The second-order valence-corrected chi connectivity index (χ2v) is 8.26. The van der Waals surface area contributed by atoms with Crippen molar-refractivity contribution in [2.45, 2.75) is 32.2 Å². The molecule has 1 unspecified atom stereocenters. The molecule has 1 atom stereocenters.